The second-order valence-electron chi connectivity index (χ2n) is 7.48. The lowest BCUT2D eigenvalue weighted by molar-refractivity contribution is -0.140. The molecule has 2 amide bonds. The van der Waals surface area contributed by atoms with Crippen molar-refractivity contribution < 1.29 is 22.7 Å². The van der Waals surface area contributed by atoms with Gasteiger partial charge >= 0.3 is 11.8 Å². The number of ether oxygens (including phenoxy) is 1. The van der Waals surface area contributed by atoms with Gasteiger partial charge in [0.15, 0.2) is 0 Å². The topological polar surface area (TPSA) is 105 Å². The van der Waals surface area contributed by atoms with E-state index in [1.807, 2.05) is 0 Å². The van der Waals surface area contributed by atoms with Crippen molar-refractivity contribution >= 4 is 21.8 Å². The minimum atomic E-state index is -3.75. The molecule has 0 aromatic heterocycles. The lowest BCUT2D eigenvalue weighted by atomic mass is 10.1. The fraction of sp³-hybridized carbons (Fsp3) is 0.600. The molecule has 160 valence electrons. The summed E-state index contributed by atoms with van der Waals surface area (Å²) in [5.74, 6) is -1.44. The van der Waals surface area contributed by atoms with Crippen LogP contribution in [0.15, 0.2) is 35.2 Å². The first kappa shape index (κ1) is 21.7. The van der Waals surface area contributed by atoms with E-state index in [1.165, 1.54) is 16.4 Å². The van der Waals surface area contributed by atoms with E-state index in [4.69, 9.17) is 4.74 Å². The first-order valence-corrected chi connectivity index (χ1v) is 11.7. The molecule has 2 N–H and O–H groups in total. The van der Waals surface area contributed by atoms with Crippen LogP contribution in [0.5, 0.6) is 0 Å². The number of rotatable bonds is 5. The van der Waals surface area contributed by atoms with E-state index in [9.17, 15) is 18.0 Å². The SMILES string of the molecule is O=C(NCC1OCCCN1S(=O)(=O)c1ccccc1)C(=O)NC1CCCCCC1. The van der Waals surface area contributed by atoms with Crippen molar-refractivity contribution in [2.75, 3.05) is 19.7 Å². The van der Waals surface area contributed by atoms with Crippen LogP contribution in [-0.4, -0.2) is 56.5 Å². The van der Waals surface area contributed by atoms with Crippen molar-refractivity contribution in [2.24, 2.45) is 0 Å². The van der Waals surface area contributed by atoms with Crippen molar-refractivity contribution in [3.05, 3.63) is 30.3 Å². The number of amides is 2. The summed E-state index contributed by atoms with van der Waals surface area (Å²) in [5.41, 5.74) is 0. The van der Waals surface area contributed by atoms with E-state index in [1.54, 1.807) is 18.2 Å². The molecule has 1 aliphatic carbocycles. The maximum Gasteiger partial charge on any atom is 0.309 e. The van der Waals surface area contributed by atoms with Crippen molar-refractivity contribution in [3.8, 4) is 0 Å². The molecular formula is C20H29N3O5S. The molecule has 1 saturated heterocycles. The zero-order chi connectivity index (χ0) is 20.7. The van der Waals surface area contributed by atoms with Crippen molar-refractivity contribution in [3.63, 3.8) is 0 Å². The minimum absolute atomic E-state index is 0.0247. The van der Waals surface area contributed by atoms with Gasteiger partial charge in [0, 0.05) is 12.6 Å². The Morgan fingerprint density at radius 3 is 2.38 bits per heavy atom. The molecule has 8 nitrogen and oxygen atoms in total. The third-order valence-electron chi connectivity index (χ3n) is 5.34. The molecule has 1 atom stereocenters. The highest BCUT2D eigenvalue weighted by atomic mass is 32.2. The number of benzene rings is 1. The number of carbonyl (C=O) groups excluding carboxylic acids is 2. The fourth-order valence-corrected chi connectivity index (χ4v) is 5.35. The molecule has 9 heteroatoms. The van der Waals surface area contributed by atoms with Crippen LogP contribution in [0.2, 0.25) is 0 Å². The van der Waals surface area contributed by atoms with Gasteiger partial charge in [0.2, 0.25) is 10.0 Å². The Bertz CT molecular complexity index is 792. The van der Waals surface area contributed by atoms with E-state index >= 15 is 0 Å². The quantitative estimate of drug-likeness (QED) is 0.550. The van der Waals surface area contributed by atoms with E-state index in [0.717, 1.165) is 38.5 Å². The maximum absolute atomic E-state index is 12.9. The van der Waals surface area contributed by atoms with Crippen LogP contribution in [0.1, 0.15) is 44.9 Å². The van der Waals surface area contributed by atoms with Crippen molar-refractivity contribution in [2.45, 2.75) is 62.1 Å². The number of hydrogen-bond donors (Lipinski definition) is 2. The number of nitrogens with one attached hydrogen (secondary N) is 2. The van der Waals surface area contributed by atoms with Gasteiger partial charge in [0.1, 0.15) is 6.23 Å². The van der Waals surface area contributed by atoms with Crippen LogP contribution in [-0.2, 0) is 24.3 Å². The Morgan fingerprint density at radius 1 is 1.00 bits per heavy atom. The Balaban J connectivity index is 1.57. The van der Waals surface area contributed by atoms with Crippen LogP contribution in [0.25, 0.3) is 0 Å². The molecule has 2 fully saturated rings. The lowest BCUT2D eigenvalue weighted by Crippen LogP contribution is -2.53. The van der Waals surface area contributed by atoms with Gasteiger partial charge in [0.05, 0.1) is 18.0 Å². The zero-order valence-corrected chi connectivity index (χ0v) is 17.3. The third-order valence-corrected chi connectivity index (χ3v) is 7.24. The molecule has 0 bridgehead atoms. The second kappa shape index (κ2) is 10.2. The molecular weight excluding hydrogens is 394 g/mol. The van der Waals surface area contributed by atoms with Gasteiger partial charge in [-0.15, -0.1) is 0 Å². The molecule has 1 heterocycles. The maximum atomic E-state index is 12.9. The van der Waals surface area contributed by atoms with Gasteiger partial charge in [-0.05, 0) is 31.4 Å². The van der Waals surface area contributed by atoms with Gasteiger partial charge in [-0.3, -0.25) is 9.59 Å². The number of carbonyl (C=O) groups is 2. The van der Waals surface area contributed by atoms with Crippen molar-refractivity contribution in [1.82, 2.24) is 14.9 Å². The van der Waals surface area contributed by atoms with Gasteiger partial charge < -0.3 is 15.4 Å². The Labute approximate surface area is 172 Å². The van der Waals surface area contributed by atoms with E-state index in [2.05, 4.69) is 10.6 Å². The Kier molecular flexibility index (Phi) is 7.63. The summed E-state index contributed by atoms with van der Waals surface area (Å²) in [6.07, 6.45) is 5.90. The summed E-state index contributed by atoms with van der Waals surface area (Å²) in [4.78, 5) is 24.6. The van der Waals surface area contributed by atoms with Crippen LogP contribution in [0.4, 0.5) is 0 Å². The summed E-state index contributed by atoms with van der Waals surface area (Å²) in [6, 6.07) is 8.14. The first-order chi connectivity index (χ1) is 14.0. The molecule has 0 radical (unpaired) electrons. The lowest BCUT2D eigenvalue weighted by Gasteiger charge is -2.34. The van der Waals surface area contributed by atoms with E-state index in [-0.39, 0.29) is 17.5 Å². The Morgan fingerprint density at radius 2 is 1.69 bits per heavy atom. The summed E-state index contributed by atoms with van der Waals surface area (Å²) in [6.45, 7) is 0.616. The number of nitrogens with zero attached hydrogens (tertiary/aromatic N) is 1. The molecule has 29 heavy (non-hydrogen) atoms. The largest absolute Gasteiger partial charge is 0.360 e. The minimum Gasteiger partial charge on any atom is -0.360 e. The van der Waals surface area contributed by atoms with Crippen LogP contribution >= 0.6 is 0 Å². The monoisotopic (exact) mass is 423 g/mol. The van der Waals surface area contributed by atoms with Crippen LogP contribution < -0.4 is 10.6 Å². The molecule has 1 aliphatic heterocycles. The number of hydrogen-bond acceptors (Lipinski definition) is 5. The first-order valence-electron chi connectivity index (χ1n) is 10.3. The molecule has 1 aromatic carbocycles. The van der Waals surface area contributed by atoms with Gasteiger partial charge in [-0.25, -0.2) is 8.42 Å². The van der Waals surface area contributed by atoms with Crippen LogP contribution in [0, 0.1) is 0 Å². The molecule has 1 aromatic rings. The highest BCUT2D eigenvalue weighted by molar-refractivity contribution is 7.89. The van der Waals surface area contributed by atoms with Crippen molar-refractivity contribution in [1.29, 1.82) is 0 Å². The average Bonchev–Trinajstić information content (AvgIpc) is 3.01. The average molecular weight is 424 g/mol. The fourth-order valence-electron chi connectivity index (χ4n) is 3.77. The smallest absolute Gasteiger partial charge is 0.309 e. The zero-order valence-electron chi connectivity index (χ0n) is 16.5. The van der Waals surface area contributed by atoms with E-state index < -0.39 is 28.1 Å². The highest BCUT2D eigenvalue weighted by Crippen LogP contribution is 2.22. The predicted octanol–water partition coefficient (Wildman–Crippen LogP) is 1.38. The molecule has 2 aliphatic rings. The summed E-state index contributed by atoms with van der Waals surface area (Å²) < 4.78 is 32.7. The molecule has 0 spiro atoms. The summed E-state index contributed by atoms with van der Waals surface area (Å²) >= 11 is 0. The standard InChI is InChI=1S/C20H29N3O5S/c24-19(20(25)22-16-9-4-1-2-5-10-16)21-15-18-23(13-8-14-28-18)29(26,27)17-11-6-3-7-12-17/h3,6-7,11-12,16,18H,1-2,4-5,8-10,13-15H2,(H,21,24)(H,22,25). The normalized spacial score (nSPS) is 21.9. The van der Waals surface area contributed by atoms with Gasteiger partial charge in [0.25, 0.3) is 0 Å². The molecule has 1 saturated carbocycles. The summed E-state index contributed by atoms with van der Waals surface area (Å²) in [5, 5.41) is 5.32. The number of sulfonamides is 1. The second-order valence-corrected chi connectivity index (χ2v) is 9.37. The highest BCUT2D eigenvalue weighted by Gasteiger charge is 2.35. The molecule has 1 unspecified atom stereocenters. The Hall–Kier alpha value is -1.97. The third kappa shape index (κ3) is 5.77. The van der Waals surface area contributed by atoms with Crippen LogP contribution in [0.3, 0.4) is 0 Å². The van der Waals surface area contributed by atoms with Gasteiger partial charge in [-0.2, -0.15) is 4.31 Å². The van der Waals surface area contributed by atoms with Gasteiger partial charge in [-0.1, -0.05) is 43.9 Å². The predicted molar refractivity (Wildman–Crippen MR) is 107 cm³/mol. The molecule has 3 rings (SSSR count). The summed E-state index contributed by atoms with van der Waals surface area (Å²) in [7, 11) is -3.75. The van der Waals surface area contributed by atoms with E-state index in [0.29, 0.717) is 19.6 Å².